The zero-order chi connectivity index (χ0) is 24.8. The van der Waals surface area contributed by atoms with Gasteiger partial charge in [0.1, 0.15) is 23.0 Å². The van der Waals surface area contributed by atoms with Crippen molar-refractivity contribution in [3.63, 3.8) is 0 Å². The van der Waals surface area contributed by atoms with Crippen molar-refractivity contribution in [3.05, 3.63) is 83.3 Å². The lowest BCUT2D eigenvalue weighted by Crippen LogP contribution is -2.13. The number of carbonyl (C=O) groups excluding carboxylic acids is 1. The molecule has 3 aromatic heterocycles. The maximum Gasteiger partial charge on any atom is 0.268 e. The average molecular weight is 482 g/mol. The summed E-state index contributed by atoms with van der Waals surface area (Å²) in [5.74, 6) is -0.0836. The Kier molecular flexibility index (Phi) is 5.32. The zero-order valence-electron chi connectivity index (χ0n) is 19.7. The van der Waals surface area contributed by atoms with Crippen LogP contribution in [-0.2, 0) is 12.8 Å². The summed E-state index contributed by atoms with van der Waals surface area (Å²) in [5, 5.41) is 4.79. The van der Waals surface area contributed by atoms with Gasteiger partial charge in [-0.2, -0.15) is 5.10 Å². The van der Waals surface area contributed by atoms with Crippen LogP contribution < -0.4 is 5.73 Å². The molecule has 0 bridgehead atoms. The van der Waals surface area contributed by atoms with Crippen molar-refractivity contribution in [3.8, 4) is 22.6 Å². The van der Waals surface area contributed by atoms with Crippen molar-refractivity contribution in [2.75, 3.05) is 0 Å². The van der Waals surface area contributed by atoms with Crippen LogP contribution in [0.25, 0.3) is 33.7 Å². The van der Waals surface area contributed by atoms with Gasteiger partial charge >= 0.3 is 0 Å². The molecule has 0 unspecified atom stereocenters. The van der Waals surface area contributed by atoms with E-state index in [1.165, 1.54) is 12.3 Å². The molecule has 0 aliphatic heterocycles. The number of aromatic nitrogens is 6. The second kappa shape index (κ2) is 8.67. The summed E-state index contributed by atoms with van der Waals surface area (Å²) in [6.45, 7) is 1.89. The minimum atomic E-state index is -0.629. The summed E-state index contributed by atoms with van der Waals surface area (Å²) < 4.78 is 15.9. The molecule has 9 heteroatoms. The number of amides is 1. The summed E-state index contributed by atoms with van der Waals surface area (Å²) in [5.41, 5.74) is 11.7. The Morgan fingerprint density at radius 3 is 2.75 bits per heavy atom. The van der Waals surface area contributed by atoms with Crippen LogP contribution in [-0.4, -0.2) is 35.6 Å². The maximum atomic E-state index is 13.9. The van der Waals surface area contributed by atoms with Crippen LogP contribution in [0.3, 0.4) is 0 Å². The number of H-pyrrole nitrogens is 1. The largest absolute Gasteiger partial charge is 0.364 e. The van der Waals surface area contributed by atoms with Gasteiger partial charge in [0.25, 0.3) is 5.91 Å². The predicted molar refractivity (Wildman–Crippen MR) is 134 cm³/mol. The highest BCUT2D eigenvalue weighted by molar-refractivity contribution is 5.93. The van der Waals surface area contributed by atoms with Gasteiger partial charge in [-0.1, -0.05) is 12.1 Å². The SMILES string of the molecule is Cc1cc(F)cc(CCc2nc(-c3ccc4ncc(C(N)=O)nc4c3)c(-c3ccn(C4CC4)n3)[nH]2)c1. The molecule has 1 aliphatic carbocycles. The smallest absolute Gasteiger partial charge is 0.268 e. The topological polar surface area (TPSA) is 115 Å². The van der Waals surface area contributed by atoms with Crippen LogP contribution in [0.5, 0.6) is 0 Å². The van der Waals surface area contributed by atoms with Crippen molar-refractivity contribution in [2.45, 2.75) is 38.6 Å². The van der Waals surface area contributed by atoms with Gasteiger partial charge in [-0.15, -0.1) is 0 Å². The first-order valence-electron chi connectivity index (χ1n) is 11.9. The first-order valence-corrected chi connectivity index (χ1v) is 11.9. The quantitative estimate of drug-likeness (QED) is 0.354. The summed E-state index contributed by atoms with van der Waals surface area (Å²) in [7, 11) is 0. The Balaban J connectivity index is 1.39. The molecule has 3 heterocycles. The molecule has 5 aromatic rings. The molecule has 0 saturated heterocycles. The fraction of sp³-hybridized carbons (Fsp3) is 0.222. The van der Waals surface area contributed by atoms with Gasteiger partial charge in [0, 0.05) is 18.2 Å². The highest BCUT2D eigenvalue weighted by Gasteiger charge is 2.25. The first kappa shape index (κ1) is 22.1. The number of aromatic amines is 1. The molecule has 180 valence electrons. The number of aryl methyl sites for hydroxylation is 3. The first-order chi connectivity index (χ1) is 17.4. The van der Waals surface area contributed by atoms with Gasteiger partial charge in [0.15, 0.2) is 0 Å². The highest BCUT2D eigenvalue weighted by Crippen LogP contribution is 2.36. The van der Waals surface area contributed by atoms with Gasteiger partial charge in [0.2, 0.25) is 0 Å². The highest BCUT2D eigenvalue weighted by atomic mass is 19.1. The molecule has 8 nitrogen and oxygen atoms in total. The Morgan fingerprint density at radius 2 is 1.97 bits per heavy atom. The molecule has 1 fully saturated rings. The Morgan fingerprint density at radius 1 is 1.11 bits per heavy atom. The van der Waals surface area contributed by atoms with Crippen LogP contribution in [0, 0.1) is 12.7 Å². The van der Waals surface area contributed by atoms with E-state index in [-0.39, 0.29) is 11.5 Å². The van der Waals surface area contributed by atoms with Crippen LogP contribution in [0.4, 0.5) is 4.39 Å². The van der Waals surface area contributed by atoms with E-state index in [4.69, 9.17) is 15.8 Å². The molecule has 2 aromatic carbocycles. The van der Waals surface area contributed by atoms with E-state index < -0.39 is 5.91 Å². The van der Waals surface area contributed by atoms with E-state index in [0.717, 1.165) is 52.4 Å². The van der Waals surface area contributed by atoms with Gasteiger partial charge in [0.05, 0.1) is 34.7 Å². The van der Waals surface area contributed by atoms with Crippen molar-refractivity contribution >= 4 is 16.9 Å². The van der Waals surface area contributed by atoms with Gasteiger partial charge in [-0.25, -0.2) is 14.4 Å². The molecular weight excluding hydrogens is 457 g/mol. The van der Waals surface area contributed by atoms with Crippen molar-refractivity contribution in [1.82, 2.24) is 29.7 Å². The minimum Gasteiger partial charge on any atom is -0.364 e. The molecule has 1 saturated carbocycles. The van der Waals surface area contributed by atoms with Crippen LogP contribution >= 0.6 is 0 Å². The fourth-order valence-electron chi connectivity index (χ4n) is 4.45. The number of nitrogens with one attached hydrogen (secondary N) is 1. The molecule has 6 rings (SSSR count). The van der Waals surface area contributed by atoms with Gasteiger partial charge in [-0.05, 0) is 67.6 Å². The van der Waals surface area contributed by atoms with Crippen molar-refractivity contribution in [2.24, 2.45) is 5.73 Å². The van der Waals surface area contributed by atoms with Gasteiger partial charge in [-0.3, -0.25) is 14.5 Å². The van der Waals surface area contributed by atoms with E-state index in [0.29, 0.717) is 29.9 Å². The van der Waals surface area contributed by atoms with E-state index in [9.17, 15) is 9.18 Å². The standard InChI is InChI=1S/C27H24FN7O/c1-15-10-16(12-18(28)11-15)2-7-24-32-25(26(33-24)21-8-9-35(34-21)19-4-5-19)17-3-6-20-22(13-17)31-23(14-30-20)27(29)36/h3,6,8-14,19H,2,4-5,7H2,1H3,(H2,29,36)(H,32,33). The Labute approximate surface area is 206 Å². The number of fused-ring (bicyclic) bond motifs is 1. The summed E-state index contributed by atoms with van der Waals surface area (Å²) >= 11 is 0. The summed E-state index contributed by atoms with van der Waals surface area (Å²) in [6, 6.07) is 13.2. The number of nitrogens with two attached hydrogens (primary N) is 1. The Hall–Kier alpha value is -4.40. The predicted octanol–water partition coefficient (Wildman–Crippen LogP) is 4.55. The fourth-order valence-corrected chi connectivity index (χ4v) is 4.45. The van der Waals surface area contributed by atoms with Crippen molar-refractivity contribution in [1.29, 1.82) is 0 Å². The lowest BCUT2D eigenvalue weighted by atomic mass is 10.1. The number of nitrogens with zero attached hydrogens (tertiary/aromatic N) is 5. The molecule has 0 spiro atoms. The van der Waals surface area contributed by atoms with E-state index in [1.54, 1.807) is 6.07 Å². The molecule has 36 heavy (non-hydrogen) atoms. The zero-order valence-corrected chi connectivity index (χ0v) is 19.7. The lowest BCUT2D eigenvalue weighted by Gasteiger charge is -2.04. The van der Waals surface area contributed by atoms with E-state index in [1.807, 2.05) is 48.1 Å². The number of benzene rings is 2. The monoisotopic (exact) mass is 481 g/mol. The average Bonchev–Trinajstić information content (AvgIpc) is 3.43. The molecular formula is C27H24FN7O. The second-order valence-corrected chi connectivity index (χ2v) is 9.28. The third kappa shape index (κ3) is 4.35. The number of rotatable bonds is 7. The minimum absolute atomic E-state index is 0.108. The second-order valence-electron chi connectivity index (χ2n) is 9.28. The van der Waals surface area contributed by atoms with Crippen LogP contribution in [0.1, 0.15) is 46.3 Å². The number of imidazole rings is 1. The number of halogens is 1. The molecule has 0 atom stereocenters. The van der Waals surface area contributed by atoms with Crippen molar-refractivity contribution < 1.29 is 9.18 Å². The molecule has 1 aliphatic rings. The molecule has 1 amide bonds. The normalized spacial score (nSPS) is 13.4. The van der Waals surface area contributed by atoms with Gasteiger partial charge < -0.3 is 10.7 Å². The Bertz CT molecular complexity index is 1600. The third-order valence-corrected chi connectivity index (χ3v) is 6.36. The number of primary amides is 1. The molecule has 3 N–H and O–H groups in total. The van der Waals surface area contributed by atoms with E-state index in [2.05, 4.69) is 15.0 Å². The molecule has 0 radical (unpaired) electrons. The number of hydrogen-bond acceptors (Lipinski definition) is 5. The lowest BCUT2D eigenvalue weighted by molar-refractivity contribution is 0.0995. The van der Waals surface area contributed by atoms with E-state index >= 15 is 0 Å². The summed E-state index contributed by atoms with van der Waals surface area (Å²) in [6.07, 6.45) is 6.91. The maximum absolute atomic E-state index is 13.9. The van der Waals surface area contributed by atoms with Crippen LogP contribution in [0.2, 0.25) is 0 Å². The van der Waals surface area contributed by atoms with Crippen LogP contribution in [0.15, 0.2) is 54.9 Å². The number of hydrogen-bond donors (Lipinski definition) is 2. The third-order valence-electron chi connectivity index (χ3n) is 6.36. The number of carbonyl (C=O) groups is 1. The summed E-state index contributed by atoms with van der Waals surface area (Å²) in [4.78, 5) is 28.6.